The maximum Gasteiger partial charge on any atom is 0.0323 e. The first-order chi connectivity index (χ1) is 14.9. The SMILES string of the molecule is Cl.Cl.c1ccc2c(c1)CCNC2CCCCCCCCCCC1NCCc2ccccc21. The molecule has 0 saturated carbocycles. The Hall–Kier alpha value is -1.06. The van der Waals surface area contributed by atoms with Crippen LogP contribution in [0.1, 0.15) is 98.5 Å². The number of unbranched alkanes of at least 4 members (excludes halogenated alkanes) is 7. The summed E-state index contributed by atoms with van der Waals surface area (Å²) >= 11 is 0. The lowest BCUT2D eigenvalue weighted by atomic mass is 9.91. The summed E-state index contributed by atoms with van der Waals surface area (Å²) < 4.78 is 0. The summed E-state index contributed by atoms with van der Waals surface area (Å²) in [5.74, 6) is 0. The van der Waals surface area contributed by atoms with Crippen molar-refractivity contribution in [3.8, 4) is 0 Å². The lowest BCUT2D eigenvalue weighted by Crippen LogP contribution is -2.29. The van der Waals surface area contributed by atoms with Crippen molar-refractivity contribution in [2.45, 2.75) is 89.1 Å². The van der Waals surface area contributed by atoms with Crippen LogP contribution in [0.25, 0.3) is 0 Å². The zero-order valence-electron chi connectivity index (χ0n) is 19.5. The second-order valence-corrected chi connectivity index (χ2v) is 9.32. The second-order valence-electron chi connectivity index (χ2n) is 9.32. The molecule has 178 valence electrons. The third kappa shape index (κ3) is 7.76. The van der Waals surface area contributed by atoms with Gasteiger partial charge in [-0.25, -0.2) is 0 Å². The number of rotatable bonds is 11. The highest BCUT2D eigenvalue weighted by Crippen LogP contribution is 2.28. The minimum atomic E-state index is 0. The van der Waals surface area contributed by atoms with Gasteiger partial charge in [0.2, 0.25) is 0 Å². The van der Waals surface area contributed by atoms with E-state index in [1.807, 2.05) is 0 Å². The van der Waals surface area contributed by atoms with Crippen LogP contribution in [-0.2, 0) is 12.8 Å². The van der Waals surface area contributed by atoms with Gasteiger partial charge in [0.05, 0.1) is 0 Å². The van der Waals surface area contributed by atoms with Crippen LogP contribution in [0.5, 0.6) is 0 Å². The molecule has 2 nitrogen and oxygen atoms in total. The van der Waals surface area contributed by atoms with Crippen LogP contribution < -0.4 is 10.6 Å². The molecule has 32 heavy (non-hydrogen) atoms. The van der Waals surface area contributed by atoms with Gasteiger partial charge in [-0.05, 0) is 61.0 Å². The normalized spacial score (nSPS) is 19.2. The third-order valence-corrected chi connectivity index (χ3v) is 7.17. The van der Waals surface area contributed by atoms with Gasteiger partial charge in [-0.2, -0.15) is 0 Å². The molecule has 0 bridgehead atoms. The van der Waals surface area contributed by atoms with Gasteiger partial charge in [0.15, 0.2) is 0 Å². The van der Waals surface area contributed by atoms with Gasteiger partial charge < -0.3 is 10.6 Å². The van der Waals surface area contributed by atoms with Crippen LogP contribution in [0.2, 0.25) is 0 Å². The molecule has 2 aliphatic rings. The van der Waals surface area contributed by atoms with E-state index in [2.05, 4.69) is 59.2 Å². The molecule has 0 amide bonds. The molecular formula is C28H42Cl2N2. The molecule has 0 aliphatic carbocycles. The van der Waals surface area contributed by atoms with E-state index in [0.29, 0.717) is 12.1 Å². The number of hydrogen-bond donors (Lipinski definition) is 2. The Kier molecular flexibility index (Phi) is 12.7. The number of fused-ring (bicyclic) bond motifs is 2. The first-order valence-electron chi connectivity index (χ1n) is 12.5. The highest BCUT2D eigenvalue weighted by Gasteiger charge is 2.19. The molecule has 0 aromatic heterocycles. The molecule has 2 aromatic carbocycles. The molecule has 2 atom stereocenters. The van der Waals surface area contributed by atoms with Crippen LogP contribution in [0.4, 0.5) is 0 Å². The number of halogens is 2. The van der Waals surface area contributed by atoms with E-state index < -0.39 is 0 Å². The Morgan fingerprint density at radius 2 is 0.906 bits per heavy atom. The van der Waals surface area contributed by atoms with E-state index in [4.69, 9.17) is 0 Å². The lowest BCUT2D eigenvalue weighted by Gasteiger charge is -2.27. The van der Waals surface area contributed by atoms with Gasteiger partial charge in [0.1, 0.15) is 0 Å². The number of nitrogens with one attached hydrogen (secondary N) is 2. The summed E-state index contributed by atoms with van der Waals surface area (Å²) in [5.41, 5.74) is 6.24. The van der Waals surface area contributed by atoms with Crippen molar-refractivity contribution in [2.24, 2.45) is 0 Å². The maximum absolute atomic E-state index is 3.73. The van der Waals surface area contributed by atoms with E-state index >= 15 is 0 Å². The molecule has 0 spiro atoms. The topological polar surface area (TPSA) is 24.1 Å². The third-order valence-electron chi connectivity index (χ3n) is 7.17. The summed E-state index contributed by atoms with van der Waals surface area (Å²) in [4.78, 5) is 0. The molecular weight excluding hydrogens is 435 g/mol. The fraction of sp³-hybridized carbons (Fsp3) is 0.571. The van der Waals surface area contributed by atoms with Crippen molar-refractivity contribution in [3.63, 3.8) is 0 Å². The van der Waals surface area contributed by atoms with E-state index in [1.165, 1.54) is 77.0 Å². The predicted octanol–water partition coefficient (Wildman–Crippen LogP) is 7.51. The zero-order valence-corrected chi connectivity index (χ0v) is 21.1. The lowest BCUT2D eigenvalue weighted by molar-refractivity contribution is 0.440. The quantitative estimate of drug-likeness (QED) is 0.327. The molecule has 0 radical (unpaired) electrons. The minimum Gasteiger partial charge on any atom is -0.310 e. The molecule has 4 rings (SSSR count). The second kappa shape index (κ2) is 15.0. The molecule has 2 N–H and O–H groups in total. The van der Waals surface area contributed by atoms with E-state index in [9.17, 15) is 0 Å². The standard InChI is InChI=1S/C28H40N2.2ClH/c1(3-5-7-17-27-25-15-11-9-13-23(25)19-21-29-27)2-4-6-8-18-28-26-16-12-10-14-24(26)20-22-30-28;;/h9-16,27-30H,1-8,17-22H2;2*1H. The van der Waals surface area contributed by atoms with Gasteiger partial charge in [-0.3, -0.25) is 0 Å². The molecule has 0 saturated heterocycles. The van der Waals surface area contributed by atoms with Gasteiger partial charge in [0, 0.05) is 12.1 Å². The predicted molar refractivity (Wildman–Crippen MR) is 142 cm³/mol. The van der Waals surface area contributed by atoms with Crippen LogP contribution in [-0.4, -0.2) is 13.1 Å². The molecule has 2 heterocycles. The average molecular weight is 478 g/mol. The highest BCUT2D eigenvalue weighted by molar-refractivity contribution is 5.85. The summed E-state index contributed by atoms with van der Waals surface area (Å²) in [7, 11) is 0. The molecule has 2 aliphatic heterocycles. The summed E-state index contributed by atoms with van der Waals surface area (Å²) in [6, 6.07) is 19.2. The van der Waals surface area contributed by atoms with Gasteiger partial charge in [-0.1, -0.05) is 99.9 Å². The van der Waals surface area contributed by atoms with Gasteiger partial charge in [-0.15, -0.1) is 24.8 Å². The maximum atomic E-state index is 3.73. The number of hydrogen-bond acceptors (Lipinski definition) is 2. The molecule has 2 aromatic rings. The Balaban J connectivity index is 0.00000181. The van der Waals surface area contributed by atoms with E-state index in [1.54, 1.807) is 22.3 Å². The van der Waals surface area contributed by atoms with Crippen LogP contribution >= 0.6 is 24.8 Å². The van der Waals surface area contributed by atoms with Crippen molar-refractivity contribution in [3.05, 3.63) is 70.8 Å². The molecule has 2 unspecified atom stereocenters. The average Bonchev–Trinajstić information content (AvgIpc) is 2.80. The smallest absolute Gasteiger partial charge is 0.0323 e. The van der Waals surface area contributed by atoms with Gasteiger partial charge in [0.25, 0.3) is 0 Å². The Morgan fingerprint density at radius 1 is 0.531 bits per heavy atom. The first-order valence-corrected chi connectivity index (χ1v) is 12.5. The fourth-order valence-electron chi connectivity index (χ4n) is 5.46. The summed E-state index contributed by atoms with van der Waals surface area (Å²) in [6.07, 6.45) is 16.1. The fourth-order valence-corrected chi connectivity index (χ4v) is 5.46. The number of benzene rings is 2. The van der Waals surface area contributed by atoms with Crippen molar-refractivity contribution in [2.75, 3.05) is 13.1 Å². The summed E-state index contributed by atoms with van der Waals surface area (Å²) in [5, 5.41) is 7.46. The van der Waals surface area contributed by atoms with Crippen molar-refractivity contribution >= 4 is 24.8 Å². The van der Waals surface area contributed by atoms with Crippen LogP contribution in [0.3, 0.4) is 0 Å². The Labute approximate surface area is 208 Å². The Bertz CT molecular complexity index is 714. The van der Waals surface area contributed by atoms with Crippen molar-refractivity contribution < 1.29 is 0 Å². The minimum absolute atomic E-state index is 0. The summed E-state index contributed by atoms with van der Waals surface area (Å²) in [6.45, 7) is 2.29. The van der Waals surface area contributed by atoms with Gasteiger partial charge >= 0.3 is 0 Å². The molecule has 0 fully saturated rings. The monoisotopic (exact) mass is 476 g/mol. The van der Waals surface area contributed by atoms with Crippen LogP contribution in [0, 0.1) is 0 Å². The van der Waals surface area contributed by atoms with E-state index in [0.717, 1.165) is 13.1 Å². The van der Waals surface area contributed by atoms with E-state index in [-0.39, 0.29) is 24.8 Å². The van der Waals surface area contributed by atoms with Crippen LogP contribution in [0.15, 0.2) is 48.5 Å². The first kappa shape index (κ1) is 27.2. The van der Waals surface area contributed by atoms with Crippen molar-refractivity contribution in [1.29, 1.82) is 0 Å². The zero-order chi connectivity index (χ0) is 20.4. The molecule has 4 heteroatoms. The Morgan fingerprint density at radius 3 is 1.34 bits per heavy atom. The highest BCUT2D eigenvalue weighted by atomic mass is 35.5. The largest absolute Gasteiger partial charge is 0.310 e. The van der Waals surface area contributed by atoms with Crippen molar-refractivity contribution in [1.82, 2.24) is 10.6 Å².